The number of thiophene rings is 1. The van der Waals surface area contributed by atoms with Crippen LogP contribution < -0.4 is 4.72 Å². The van der Waals surface area contributed by atoms with Crippen LogP contribution in [0.3, 0.4) is 0 Å². The lowest BCUT2D eigenvalue weighted by Gasteiger charge is -2.19. The van der Waals surface area contributed by atoms with Crippen LogP contribution in [0.1, 0.15) is 41.8 Å². The fourth-order valence-electron chi connectivity index (χ4n) is 3.13. The van der Waals surface area contributed by atoms with E-state index in [9.17, 15) is 13.2 Å². The van der Waals surface area contributed by atoms with Crippen molar-refractivity contribution in [3.05, 3.63) is 87.1 Å². The molecule has 1 heterocycles. The van der Waals surface area contributed by atoms with Crippen molar-refractivity contribution in [3.63, 3.8) is 0 Å². The van der Waals surface area contributed by atoms with E-state index < -0.39 is 16.1 Å². The smallest absolute Gasteiger partial charge is 0.305 e. The predicted molar refractivity (Wildman–Crippen MR) is 124 cm³/mol. The van der Waals surface area contributed by atoms with Crippen molar-refractivity contribution in [2.75, 3.05) is 6.61 Å². The zero-order chi connectivity index (χ0) is 22.3. The van der Waals surface area contributed by atoms with Crippen LogP contribution in [0.2, 0.25) is 5.02 Å². The first kappa shape index (κ1) is 23.5. The minimum atomic E-state index is -3.74. The van der Waals surface area contributed by atoms with E-state index in [1.807, 2.05) is 41.8 Å². The van der Waals surface area contributed by atoms with Crippen molar-refractivity contribution in [1.29, 1.82) is 0 Å². The molecule has 0 aliphatic heterocycles. The third kappa shape index (κ3) is 6.64. The Labute approximate surface area is 192 Å². The number of rotatable bonds is 10. The number of hydrogen-bond acceptors (Lipinski definition) is 5. The summed E-state index contributed by atoms with van der Waals surface area (Å²) >= 11 is 7.38. The van der Waals surface area contributed by atoms with Crippen LogP contribution in [0.25, 0.3) is 0 Å². The van der Waals surface area contributed by atoms with Crippen LogP contribution in [0.15, 0.2) is 70.9 Å². The lowest BCUT2D eigenvalue weighted by molar-refractivity contribution is -0.143. The summed E-state index contributed by atoms with van der Waals surface area (Å²) < 4.78 is 33.7. The summed E-state index contributed by atoms with van der Waals surface area (Å²) in [6.45, 7) is 2.19. The molecule has 2 aromatic carbocycles. The summed E-state index contributed by atoms with van der Waals surface area (Å²) in [7, 11) is -3.74. The third-order valence-corrected chi connectivity index (χ3v) is 7.32. The molecule has 0 bridgehead atoms. The molecule has 3 aromatic rings. The van der Waals surface area contributed by atoms with E-state index in [2.05, 4.69) is 4.72 Å². The van der Waals surface area contributed by atoms with Gasteiger partial charge >= 0.3 is 5.97 Å². The van der Waals surface area contributed by atoms with Gasteiger partial charge in [0, 0.05) is 16.3 Å². The van der Waals surface area contributed by atoms with E-state index in [-0.39, 0.29) is 10.9 Å². The van der Waals surface area contributed by atoms with Gasteiger partial charge < -0.3 is 4.74 Å². The number of carbonyl (C=O) groups is 1. The van der Waals surface area contributed by atoms with Crippen LogP contribution in [-0.4, -0.2) is 21.0 Å². The highest BCUT2D eigenvalue weighted by atomic mass is 35.5. The SMILES string of the molecule is CCOC(=O)CCCc1ccc(C(NS(=O)(=O)c2ccc(Cl)cc2)c2cccs2)cc1. The van der Waals surface area contributed by atoms with Gasteiger partial charge in [0.05, 0.1) is 17.5 Å². The lowest BCUT2D eigenvalue weighted by atomic mass is 10.0. The summed E-state index contributed by atoms with van der Waals surface area (Å²) in [4.78, 5) is 12.5. The molecule has 0 radical (unpaired) electrons. The number of esters is 1. The largest absolute Gasteiger partial charge is 0.466 e. The Bertz CT molecular complexity index is 1080. The van der Waals surface area contributed by atoms with Crippen LogP contribution in [0.5, 0.6) is 0 Å². The molecule has 0 spiro atoms. The highest BCUT2D eigenvalue weighted by molar-refractivity contribution is 7.89. The Hall–Kier alpha value is -2.19. The molecular weight excluding hydrogens is 454 g/mol. The molecule has 5 nitrogen and oxygen atoms in total. The van der Waals surface area contributed by atoms with E-state index in [1.54, 1.807) is 19.1 Å². The fraction of sp³-hybridized carbons (Fsp3) is 0.261. The highest BCUT2D eigenvalue weighted by Gasteiger charge is 2.23. The number of sulfonamides is 1. The van der Waals surface area contributed by atoms with Gasteiger partial charge in [-0.25, -0.2) is 8.42 Å². The number of ether oxygens (including phenoxy) is 1. The summed E-state index contributed by atoms with van der Waals surface area (Å²) in [6.07, 6.45) is 1.84. The third-order valence-electron chi connectivity index (χ3n) is 4.69. The quantitative estimate of drug-likeness (QED) is 0.399. The van der Waals surface area contributed by atoms with Crippen molar-refractivity contribution >= 4 is 38.9 Å². The van der Waals surface area contributed by atoms with Gasteiger partial charge in [-0.15, -0.1) is 11.3 Å². The maximum Gasteiger partial charge on any atom is 0.305 e. The maximum absolute atomic E-state index is 13.0. The summed E-state index contributed by atoms with van der Waals surface area (Å²) in [5.41, 5.74) is 1.92. The molecule has 0 saturated carbocycles. The van der Waals surface area contributed by atoms with Gasteiger partial charge in [0.2, 0.25) is 10.0 Å². The van der Waals surface area contributed by atoms with E-state index in [0.717, 1.165) is 22.4 Å². The molecule has 31 heavy (non-hydrogen) atoms. The number of nitrogens with one attached hydrogen (secondary N) is 1. The van der Waals surface area contributed by atoms with Gasteiger partial charge in [-0.2, -0.15) is 4.72 Å². The van der Waals surface area contributed by atoms with Gasteiger partial charge in [0.15, 0.2) is 0 Å². The number of hydrogen-bond donors (Lipinski definition) is 1. The first-order valence-electron chi connectivity index (χ1n) is 9.95. The number of aryl methyl sites for hydroxylation is 1. The maximum atomic E-state index is 13.0. The normalized spacial score (nSPS) is 12.5. The standard InChI is InChI=1S/C23H24ClNO4S2/c1-2-29-22(26)7-3-5-17-8-10-18(11-9-17)23(21-6-4-16-30-21)25-31(27,28)20-14-12-19(24)13-15-20/h4,6,8-16,23,25H,2-3,5,7H2,1H3. The Morgan fingerprint density at radius 3 is 2.42 bits per heavy atom. The molecule has 0 fully saturated rings. The van der Waals surface area contributed by atoms with Gasteiger partial charge in [0.1, 0.15) is 0 Å². The van der Waals surface area contributed by atoms with E-state index in [0.29, 0.717) is 24.5 Å². The Kier molecular flexibility index (Phi) is 8.26. The molecule has 0 aliphatic rings. The van der Waals surface area contributed by atoms with E-state index >= 15 is 0 Å². The molecule has 3 rings (SSSR count). The second kappa shape index (κ2) is 10.9. The first-order valence-corrected chi connectivity index (χ1v) is 12.7. The molecular formula is C23H24ClNO4S2. The predicted octanol–water partition coefficient (Wildman–Crippen LogP) is 5.36. The summed E-state index contributed by atoms with van der Waals surface area (Å²) in [6, 6.07) is 17.2. The average molecular weight is 478 g/mol. The number of halogens is 1. The van der Waals surface area contributed by atoms with Crippen molar-refractivity contribution in [3.8, 4) is 0 Å². The van der Waals surface area contributed by atoms with Crippen molar-refractivity contribution < 1.29 is 17.9 Å². The lowest BCUT2D eigenvalue weighted by Crippen LogP contribution is -2.29. The molecule has 0 saturated heterocycles. The van der Waals surface area contributed by atoms with Gasteiger partial charge in [-0.1, -0.05) is 41.9 Å². The van der Waals surface area contributed by atoms with Gasteiger partial charge in [-0.3, -0.25) is 4.79 Å². The van der Waals surface area contributed by atoms with Crippen LogP contribution >= 0.6 is 22.9 Å². The van der Waals surface area contributed by atoms with Gasteiger partial charge in [0.25, 0.3) is 0 Å². The molecule has 1 unspecified atom stereocenters. The summed E-state index contributed by atoms with van der Waals surface area (Å²) in [5.74, 6) is -0.187. The average Bonchev–Trinajstić information content (AvgIpc) is 3.28. The topological polar surface area (TPSA) is 72.5 Å². The fourth-order valence-corrected chi connectivity index (χ4v) is 5.34. The molecule has 1 atom stereocenters. The zero-order valence-electron chi connectivity index (χ0n) is 17.1. The zero-order valence-corrected chi connectivity index (χ0v) is 19.5. The Balaban J connectivity index is 1.75. The summed E-state index contributed by atoms with van der Waals surface area (Å²) in [5, 5.41) is 2.40. The minimum absolute atomic E-state index is 0.161. The van der Waals surface area contributed by atoms with Crippen molar-refractivity contribution in [2.24, 2.45) is 0 Å². The van der Waals surface area contributed by atoms with Gasteiger partial charge in [-0.05, 0) is 66.6 Å². The van der Waals surface area contributed by atoms with E-state index in [4.69, 9.17) is 16.3 Å². The van der Waals surface area contributed by atoms with Crippen LogP contribution in [-0.2, 0) is 26.0 Å². The van der Waals surface area contributed by atoms with Crippen LogP contribution in [0, 0.1) is 0 Å². The Morgan fingerprint density at radius 2 is 1.81 bits per heavy atom. The van der Waals surface area contributed by atoms with Crippen molar-refractivity contribution in [2.45, 2.75) is 37.1 Å². The van der Waals surface area contributed by atoms with E-state index in [1.165, 1.54) is 23.5 Å². The Morgan fingerprint density at radius 1 is 1.10 bits per heavy atom. The second-order valence-electron chi connectivity index (χ2n) is 6.92. The molecule has 1 N–H and O–H groups in total. The monoisotopic (exact) mass is 477 g/mol. The highest BCUT2D eigenvalue weighted by Crippen LogP contribution is 2.29. The first-order chi connectivity index (χ1) is 14.9. The molecule has 1 aromatic heterocycles. The molecule has 8 heteroatoms. The number of carbonyl (C=O) groups excluding carboxylic acids is 1. The molecule has 164 valence electrons. The minimum Gasteiger partial charge on any atom is -0.466 e. The van der Waals surface area contributed by atoms with Crippen molar-refractivity contribution in [1.82, 2.24) is 4.72 Å². The molecule has 0 aliphatic carbocycles. The second-order valence-corrected chi connectivity index (χ2v) is 10.1. The van der Waals surface area contributed by atoms with Crippen LogP contribution in [0.4, 0.5) is 0 Å². The molecule has 0 amide bonds. The number of benzene rings is 2.